The molecule has 0 spiro atoms. The number of hydrogen-bond donors (Lipinski definition) is 5. The zero-order valence-corrected chi connectivity index (χ0v) is 22.0. The van der Waals surface area contributed by atoms with Crippen LogP contribution in [0.3, 0.4) is 0 Å². The predicted molar refractivity (Wildman–Crippen MR) is 147 cm³/mol. The van der Waals surface area contributed by atoms with Crippen LogP contribution in [0.25, 0.3) is 0 Å². The monoisotopic (exact) mass is 531 g/mol. The molecule has 10 nitrogen and oxygen atoms in total. The van der Waals surface area contributed by atoms with Gasteiger partial charge in [0, 0.05) is 25.2 Å². The summed E-state index contributed by atoms with van der Waals surface area (Å²) in [6.45, 7) is 3.80. The first-order valence-electron chi connectivity index (χ1n) is 12.8. The van der Waals surface area contributed by atoms with E-state index in [-0.39, 0.29) is 24.5 Å². The average Bonchev–Trinajstić information content (AvgIpc) is 2.93. The largest absolute Gasteiger partial charge is 0.475 e. The molecule has 2 aromatic carbocycles. The molecule has 3 atom stereocenters. The van der Waals surface area contributed by atoms with Crippen molar-refractivity contribution in [3.63, 3.8) is 0 Å². The van der Waals surface area contributed by atoms with E-state index >= 15 is 0 Å². The van der Waals surface area contributed by atoms with Crippen molar-refractivity contribution in [1.29, 1.82) is 0 Å². The number of nitrogens with one attached hydrogen (secondary N) is 3. The van der Waals surface area contributed by atoms with Gasteiger partial charge in [-0.15, -0.1) is 0 Å². The van der Waals surface area contributed by atoms with Crippen LogP contribution >= 0.6 is 0 Å². The zero-order valence-electron chi connectivity index (χ0n) is 22.0. The fourth-order valence-corrected chi connectivity index (χ4v) is 4.09. The number of amides is 3. The summed E-state index contributed by atoms with van der Waals surface area (Å²) in [6, 6.07) is 16.3. The van der Waals surface area contributed by atoms with Gasteiger partial charge in [-0.3, -0.25) is 19.4 Å². The first kappa shape index (κ1) is 29.5. The van der Waals surface area contributed by atoms with Crippen molar-refractivity contribution in [1.82, 2.24) is 25.9 Å². The van der Waals surface area contributed by atoms with Crippen LogP contribution in [0.1, 0.15) is 41.9 Å². The quantitative estimate of drug-likeness (QED) is 0.207. The van der Waals surface area contributed by atoms with Crippen molar-refractivity contribution in [3.05, 3.63) is 96.1 Å². The second kappa shape index (κ2) is 14.7. The van der Waals surface area contributed by atoms with E-state index < -0.39 is 42.9 Å². The highest BCUT2D eigenvalue weighted by molar-refractivity contribution is 6.43. The molecule has 0 aliphatic carbocycles. The second-order valence-corrected chi connectivity index (χ2v) is 9.72. The minimum atomic E-state index is -1.76. The Morgan fingerprint density at radius 2 is 1.33 bits per heavy atom. The first-order valence-corrected chi connectivity index (χ1v) is 12.8. The number of benzene rings is 2. The summed E-state index contributed by atoms with van der Waals surface area (Å²) in [5, 5.41) is 27.8. The lowest BCUT2D eigenvalue weighted by atomic mass is 9.75. The fraction of sp³-hybridized carbons (Fsp3) is 0.321. The molecule has 5 N–H and O–H groups in total. The highest BCUT2D eigenvalue weighted by Gasteiger charge is 2.32. The van der Waals surface area contributed by atoms with Crippen LogP contribution in [-0.2, 0) is 22.4 Å². The molecule has 1 heterocycles. The van der Waals surface area contributed by atoms with Crippen molar-refractivity contribution >= 4 is 24.8 Å². The zero-order chi connectivity index (χ0) is 28.2. The van der Waals surface area contributed by atoms with E-state index in [4.69, 9.17) is 0 Å². The van der Waals surface area contributed by atoms with Crippen LogP contribution in [0.4, 0.5) is 0 Å². The molecule has 204 valence electrons. The molecule has 3 aromatic rings. The Balaban J connectivity index is 1.84. The number of carbonyl (C=O) groups is 3. The summed E-state index contributed by atoms with van der Waals surface area (Å²) in [7, 11) is -1.76. The maximum atomic E-state index is 13.6. The Morgan fingerprint density at radius 3 is 1.82 bits per heavy atom. The van der Waals surface area contributed by atoms with Crippen LogP contribution in [0.15, 0.2) is 79.3 Å². The summed E-state index contributed by atoms with van der Waals surface area (Å²) < 4.78 is 0. The fourth-order valence-electron chi connectivity index (χ4n) is 4.09. The molecule has 1 aromatic heterocycles. The molecule has 3 rings (SSSR count). The van der Waals surface area contributed by atoms with Gasteiger partial charge in [0.1, 0.15) is 17.8 Å². The summed E-state index contributed by atoms with van der Waals surface area (Å²) in [5.41, 5.74) is 1.66. The Labute approximate surface area is 228 Å². The van der Waals surface area contributed by atoms with Crippen molar-refractivity contribution in [3.8, 4) is 0 Å². The van der Waals surface area contributed by atoms with Gasteiger partial charge in [-0.05, 0) is 23.5 Å². The smallest absolute Gasteiger partial charge is 0.426 e. The number of carbonyl (C=O) groups excluding carboxylic acids is 3. The van der Waals surface area contributed by atoms with Gasteiger partial charge in [0.15, 0.2) is 0 Å². The molecule has 0 bridgehead atoms. The highest BCUT2D eigenvalue weighted by atomic mass is 16.4. The van der Waals surface area contributed by atoms with E-state index in [1.54, 1.807) is 0 Å². The molecule has 0 saturated heterocycles. The molecule has 0 saturated carbocycles. The Kier molecular flexibility index (Phi) is 11.1. The predicted octanol–water partition coefficient (Wildman–Crippen LogP) is 1.09. The van der Waals surface area contributed by atoms with Gasteiger partial charge < -0.3 is 26.0 Å². The van der Waals surface area contributed by atoms with Gasteiger partial charge in [0.2, 0.25) is 11.8 Å². The molecule has 0 aliphatic rings. The third-order valence-corrected chi connectivity index (χ3v) is 6.03. The van der Waals surface area contributed by atoms with E-state index in [1.807, 2.05) is 74.5 Å². The molecule has 0 fully saturated rings. The number of rotatable bonds is 13. The maximum Gasteiger partial charge on any atom is 0.475 e. The standard InChI is InChI=1S/C28H34BN5O5/c1-19(2)15-25(29(38)39)34-27(36)23(17-21-11-7-4-8-12-21)32-26(35)22(16-20-9-5-3-6-10-20)33-28(37)24-18-30-13-14-31-24/h3-14,18-19,22-23,25,38-39H,15-17H2,1-2H3,(H,32,35)(H,33,37)(H,34,36)/t22-,23-,25+/m1/s1. The topological polar surface area (TPSA) is 154 Å². The molecule has 3 amide bonds. The van der Waals surface area contributed by atoms with Gasteiger partial charge in [0.25, 0.3) is 5.91 Å². The van der Waals surface area contributed by atoms with Crippen LogP contribution in [0.5, 0.6) is 0 Å². The molecule has 0 radical (unpaired) electrons. The third kappa shape index (κ3) is 9.62. The maximum absolute atomic E-state index is 13.6. The second-order valence-electron chi connectivity index (χ2n) is 9.72. The van der Waals surface area contributed by atoms with Gasteiger partial charge in [-0.2, -0.15) is 0 Å². The van der Waals surface area contributed by atoms with E-state index in [9.17, 15) is 24.4 Å². The molecule has 39 heavy (non-hydrogen) atoms. The van der Waals surface area contributed by atoms with Crippen molar-refractivity contribution < 1.29 is 24.4 Å². The van der Waals surface area contributed by atoms with Crippen LogP contribution in [0.2, 0.25) is 0 Å². The highest BCUT2D eigenvalue weighted by Crippen LogP contribution is 2.10. The minimum absolute atomic E-state index is 0.0513. The van der Waals surface area contributed by atoms with E-state index in [0.29, 0.717) is 6.42 Å². The first-order chi connectivity index (χ1) is 18.7. The molecular formula is C28H34BN5O5. The Bertz CT molecular complexity index is 1200. The van der Waals surface area contributed by atoms with E-state index in [1.165, 1.54) is 18.6 Å². The summed E-state index contributed by atoms with van der Waals surface area (Å²) in [5.74, 6) is -2.54. The lowest BCUT2D eigenvalue weighted by Crippen LogP contribution is -2.58. The molecule has 0 unspecified atom stereocenters. The number of hydrogen-bond acceptors (Lipinski definition) is 7. The van der Waals surface area contributed by atoms with E-state index in [2.05, 4.69) is 25.9 Å². The summed E-state index contributed by atoms with van der Waals surface area (Å²) >= 11 is 0. The Hall–Kier alpha value is -4.09. The molecule has 0 aliphatic heterocycles. The SMILES string of the molecule is CC(C)C[C@H](NC(=O)[C@@H](Cc1ccccc1)NC(=O)[C@@H](Cc1ccccc1)NC(=O)c1cnccn1)B(O)O. The third-order valence-electron chi connectivity index (χ3n) is 6.03. The minimum Gasteiger partial charge on any atom is -0.426 e. The molecule has 11 heteroatoms. The van der Waals surface area contributed by atoms with Crippen molar-refractivity contribution in [2.24, 2.45) is 5.92 Å². The van der Waals surface area contributed by atoms with Crippen molar-refractivity contribution in [2.45, 2.75) is 51.1 Å². The van der Waals surface area contributed by atoms with Crippen LogP contribution in [-0.4, -0.2) is 62.9 Å². The summed E-state index contributed by atoms with van der Waals surface area (Å²) in [6.07, 6.45) is 4.78. The van der Waals surface area contributed by atoms with Crippen LogP contribution < -0.4 is 16.0 Å². The number of nitrogens with zero attached hydrogens (tertiary/aromatic N) is 2. The number of aromatic nitrogens is 2. The molecular weight excluding hydrogens is 497 g/mol. The normalized spacial score (nSPS) is 13.2. The van der Waals surface area contributed by atoms with Gasteiger partial charge in [-0.1, -0.05) is 74.5 Å². The van der Waals surface area contributed by atoms with Gasteiger partial charge >= 0.3 is 7.12 Å². The lowest BCUT2D eigenvalue weighted by Gasteiger charge is -2.26. The Morgan fingerprint density at radius 1 is 0.795 bits per heavy atom. The van der Waals surface area contributed by atoms with Gasteiger partial charge in [-0.25, -0.2) is 4.98 Å². The van der Waals surface area contributed by atoms with Crippen molar-refractivity contribution in [2.75, 3.05) is 0 Å². The van der Waals surface area contributed by atoms with Gasteiger partial charge in [0.05, 0.1) is 12.1 Å². The summed E-state index contributed by atoms with van der Waals surface area (Å²) in [4.78, 5) is 47.7. The van der Waals surface area contributed by atoms with E-state index in [0.717, 1.165) is 11.1 Å². The lowest BCUT2D eigenvalue weighted by molar-refractivity contribution is -0.130. The van der Waals surface area contributed by atoms with Crippen LogP contribution in [0, 0.1) is 5.92 Å². The average molecular weight is 531 g/mol.